The number of carbonyl (C=O) groups excluding carboxylic acids is 1. The summed E-state index contributed by atoms with van der Waals surface area (Å²) < 4.78 is 1.93. The summed E-state index contributed by atoms with van der Waals surface area (Å²) in [5, 5.41) is 4.40. The maximum atomic E-state index is 12.5. The lowest BCUT2D eigenvalue weighted by Gasteiger charge is -2.26. The van der Waals surface area contributed by atoms with Gasteiger partial charge in [0, 0.05) is 31.0 Å². The van der Waals surface area contributed by atoms with Crippen LogP contribution in [0.5, 0.6) is 0 Å². The van der Waals surface area contributed by atoms with Gasteiger partial charge in [-0.15, -0.1) is 0 Å². The van der Waals surface area contributed by atoms with Gasteiger partial charge in [0.2, 0.25) is 0 Å². The van der Waals surface area contributed by atoms with Gasteiger partial charge in [0.1, 0.15) is 0 Å². The molecule has 0 N–H and O–H groups in total. The number of aromatic nitrogens is 3. The van der Waals surface area contributed by atoms with Crippen LogP contribution in [0.2, 0.25) is 0 Å². The van der Waals surface area contributed by atoms with Crippen molar-refractivity contribution in [3.8, 4) is 11.3 Å². The fraction of sp³-hybridized carbons (Fsp3) is 0.500. The number of likely N-dealkylation sites (tertiary alicyclic amines) is 1. The van der Waals surface area contributed by atoms with Crippen LogP contribution < -0.4 is 0 Å². The van der Waals surface area contributed by atoms with Crippen LogP contribution in [0.1, 0.15) is 50.4 Å². The van der Waals surface area contributed by atoms with E-state index in [1.165, 1.54) is 6.42 Å². The molecule has 2 aromatic rings. The number of hydrogen-bond donors (Lipinski definition) is 0. The molecule has 23 heavy (non-hydrogen) atoms. The highest BCUT2D eigenvalue weighted by Crippen LogP contribution is 2.21. The molecule has 3 rings (SSSR count). The molecule has 1 fully saturated rings. The minimum Gasteiger partial charge on any atom is -0.339 e. The highest BCUT2D eigenvalue weighted by Gasteiger charge is 2.19. The predicted octanol–water partition coefficient (Wildman–Crippen LogP) is 3.33. The summed E-state index contributed by atoms with van der Waals surface area (Å²) in [6.07, 6.45) is 8.92. The second-order valence-corrected chi connectivity index (χ2v) is 7.13. The van der Waals surface area contributed by atoms with E-state index in [-0.39, 0.29) is 11.4 Å². The van der Waals surface area contributed by atoms with Crippen molar-refractivity contribution in [2.75, 3.05) is 13.1 Å². The van der Waals surface area contributed by atoms with E-state index in [0.717, 1.165) is 37.2 Å². The Hall–Kier alpha value is -2.17. The largest absolute Gasteiger partial charge is 0.339 e. The number of pyridine rings is 1. The van der Waals surface area contributed by atoms with Gasteiger partial charge in [-0.2, -0.15) is 5.10 Å². The predicted molar refractivity (Wildman–Crippen MR) is 90.2 cm³/mol. The van der Waals surface area contributed by atoms with Crippen LogP contribution in [-0.4, -0.2) is 38.7 Å². The second kappa shape index (κ2) is 6.14. The first kappa shape index (κ1) is 15.7. The van der Waals surface area contributed by atoms with Gasteiger partial charge < -0.3 is 4.90 Å². The van der Waals surface area contributed by atoms with Gasteiger partial charge in [-0.1, -0.05) is 0 Å². The smallest absolute Gasteiger partial charge is 0.255 e. The molecule has 0 radical (unpaired) electrons. The molecular weight excluding hydrogens is 288 g/mol. The molecule has 0 saturated carbocycles. The molecule has 0 unspecified atom stereocenters. The Bertz CT molecular complexity index is 676. The molecule has 1 aliphatic rings. The van der Waals surface area contributed by atoms with E-state index in [2.05, 4.69) is 30.9 Å². The average molecular weight is 312 g/mol. The number of rotatable bonds is 2. The summed E-state index contributed by atoms with van der Waals surface area (Å²) >= 11 is 0. The molecule has 5 heteroatoms. The van der Waals surface area contributed by atoms with E-state index >= 15 is 0 Å². The van der Waals surface area contributed by atoms with Crippen LogP contribution in [0, 0.1) is 0 Å². The highest BCUT2D eigenvalue weighted by molar-refractivity contribution is 5.94. The van der Waals surface area contributed by atoms with Crippen molar-refractivity contribution in [2.24, 2.45) is 0 Å². The molecule has 5 nitrogen and oxygen atoms in total. The highest BCUT2D eigenvalue weighted by atomic mass is 16.2. The van der Waals surface area contributed by atoms with Gasteiger partial charge >= 0.3 is 0 Å². The van der Waals surface area contributed by atoms with Crippen LogP contribution in [0.3, 0.4) is 0 Å². The number of nitrogens with zero attached hydrogens (tertiary/aromatic N) is 4. The molecule has 0 bridgehead atoms. The molecule has 3 heterocycles. The monoisotopic (exact) mass is 312 g/mol. The van der Waals surface area contributed by atoms with Gasteiger partial charge in [0.15, 0.2) is 0 Å². The molecular formula is C18H24N4O. The Morgan fingerprint density at radius 3 is 2.39 bits per heavy atom. The maximum absolute atomic E-state index is 12.5. The van der Waals surface area contributed by atoms with Crippen molar-refractivity contribution < 1.29 is 4.79 Å². The minimum atomic E-state index is -0.0532. The lowest BCUT2D eigenvalue weighted by atomic mass is 10.1. The van der Waals surface area contributed by atoms with Crippen LogP contribution in [0.4, 0.5) is 0 Å². The molecule has 1 amide bonds. The summed E-state index contributed by atoms with van der Waals surface area (Å²) in [4.78, 5) is 18.8. The average Bonchev–Trinajstić information content (AvgIpc) is 3.05. The standard InChI is InChI=1S/C18H24N4O/c1-18(2,3)22-13-15(12-20-22)16-8-7-14(11-19-16)17(23)21-9-5-4-6-10-21/h7-8,11-13H,4-6,9-10H2,1-3H3. The molecule has 2 aromatic heterocycles. The lowest BCUT2D eigenvalue weighted by molar-refractivity contribution is 0.0724. The Labute approximate surface area is 137 Å². The lowest BCUT2D eigenvalue weighted by Crippen LogP contribution is -2.35. The Balaban J connectivity index is 1.76. The normalized spacial score (nSPS) is 15.7. The molecule has 1 saturated heterocycles. The second-order valence-electron chi connectivity index (χ2n) is 7.13. The Morgan fingerprint density at radius 2 is 1.83 bits per heavy atom. The van der Waals surface area contributed by atoms with E-state index < -0.39 is 0 Å². The van der Waals surface area contributed by atoms with Crippen molar-refractivity contribution in [1.29, 1.82) is 0 Å². The van der Waals surface area contributed by atoms with Crippen molar-refractivity contribution in [3.05, 3.63) is 36.3 Å². The molecule has 0 atom stereocenters. The number of carbonyl (C=O) groups is 1. The Morgan fingerprint density at radius 1 is 1.09 bits per heavy atom. The molecule has 122 valence electrons. The van der Waals surface area contributed by atoms with Gasteiger partial charge in [-0.25, -0.2) is 0 Å². The summed E-state index contributed by atoms with van der Waals surface area (Å²) in [7, 11) is 0. The first-order chi connectivity index (χ1) is 10.9. The fourth-order valence-electron chi connectivity index (χ4n) is 2.79. The van der Waals surface area contributed by atoms with Crippen LogP contribution in [0.25, 0.3) is 11.3 Å². The van der Waals surface area contributed by atoms with Gasteiger partial charge in [0.25, 0.3) is 5.91 Å². The maximum Gasteiger partial charge on any atom is 0.255 e. The van der Waals surface area contributed by atoms with E-state index in [1.807, 2.05) is 34.1 Å². The quantitative estimate of drug-likeness (QED) is 0.854. The zero-order chi connectivity index (χ0) is 16.4. The topological polar surface area (TPSA) is 51.0 Å². The van der Waals surface area contributed by atoms with Crippen LogP contribution >= 0.6 is 0 Å². The van der Waals surface area contributed by atoms with Gasteiger partial charge in [-0.3, -0.25) is 14.5 Å². The van der Waals surface area contributed by atoms with Crippen molar-refractivity contribution in [2.45, 2.75) is 45.6 Å². The first-order valence-corrected chi connectivity index (χ1v) is 8.26. The summed E-state index contributed by atoms with van der Waals surface area (Å²) in [5.41, 5.74) is 2.43. The SMILES string of the molecule is CC(C)(C)n1cc(-c2ccc(C(=O)N3CCCCC3)cn2)cn1. The van der Waals surface area contributed by atoms with E-state index in [1.54, 1.807) is 6.20 Å². The molecule has 0 aromatic carbocycles. The van der Waals surface area contributed by atoms with Crippen molar-refractivity contribution >= 4 is 5.91 Å². The first-order valence-electron chi connectivity index (χ1n) is 8.26. The summed E-state index contributed by atoms with van der Waals surface area (Å²) in [5.74, 6) is 0.0918. The summed E-state index contributed by atoms with van der Waals surface area (Å²) in [6.45, 7) is 8.05. The summed E-state index contributed by atoms with van der Waals surface area (Å²) in [6, 6.07) is 3.77. The molecule has 0 aliphatic carbocycles. The number of amides is 1. The van der Waals surface area contributed by atoms with E-state index in [0.29, 0.717) is 5.56 Å². The van der Waals surface area contributed by atoms with E-state index in [4.69, 9.17) is 0 Å². The molecule has 0 spiro atoms. The zero-order valence-electron chi connectivity index (χ0n) is 14.1. The van der Waals surface area contributed by atoms with Crippen LogP contribution in [-0.2, 0) is 5.54 Å². The third-order valence-corrected chi connectivity index (χ3v) is 4.22. The fourth-order valence-corrected chi connectivity index (χ4v) is 2.79. The Kier molecular flexibility index (Phi) is 4.20. The van der Waals surface area contributed by atoms with Gasteiger partial charge in [-0.05, 0) is 52.2 Å². The number of piperidine rings is 1. The van der Waals surface area contributed by atoms with Crippen molar-refractivity contribution in [1.82, 2.24) is 19.7 Å². The zero-order valence-corrected chi connectivity index (χ0v) is 14.1. The van der Waals surface area contributed by atoms with E-state index in [9.17, 15) is 4.79 Å². The minimum absolute atomic E-state index is 0.0532. The number of hydrogen-bond acceptors (Lipinski definition) is 3. The van der Waals surface area contributed by atoms with Gasteiger partial charge in [0.05, 0.1) is 23.0 Å². The van der Waals surface area contributed by atoms with Crippen molar-refractivity contribution in [3.63, 3.8) is 0 Å². The third kappa shape index (κ3) is 3.44. The molecule has 1 aliphatic heterocycles. The van der Waals surface area contributed by atoms with Crippen LogP contribution in [0.15, 0.2) is 30.7 Å². The third-order valence-electron chi connectivity index (χ3n) is 4.22.